The molecule has 0 amide bonds. The Morgan fingerprint density at radius 2 is 2.07 bits per heavy atom. The van der Waals surface area contributed by atoms with Gasteiger partial charge in [-0.25, -0.2) is 4.79 Å². The number of hydrogen-bond acceptors (Lipinski definition) is 6. The van der Waals surface area contributed by atoms with Gasteiger partial charge in [-0.15, -0.1) is 0 Å². The van der Waals surface area contributed by atoms with Gasteiger partial charge in [0.2, 0.25) is 0 Å². The van der Waals surface area contributed by atoms with Crippen molar-refractivity contribution in [3.05, 3.63) is 44.3 Å². The molecule has 0 spiro atoms. The summed E-state index contributed by atoms with van der Waals surface area (Å²) >= 11 is 0. The first-order valence-electron chi connectivity index (χ1n) is 9.96. The molecule has 0 radical (unpaired) electrons. The van der Waals surface area contributed by atoms with Crippen LogP contribution < -0.4 is 9.47 Å². The van der Waals surface area contributed by atoms with E-state index in [1.54, 1.807) is 7.11 Å². The summed E-state index contributed by atoms with van der Waals surface area (Å²) in [4.78, 5) is 15.2. The van der Waals surface area contributed by atoms with Gasteiger partial charge in [0, 0.05) is 37.3 Å². The monoisotopic (exact) mass is 433 g/mol. The van der Waals surface area contributed by atoms with Gasteiger partial charge in [0.15, 0.2) is 6.79 Å². The summed E-state index contributed by atoms with van der Waals surface area (Å²) in [6.45, 7) is 11.8. The van der Waals surface area contributed by atoms with Crippen molar-refractivity contribution in [1.82, 2.24) is 0 Å². The molecule has 0 N–H and O–H groups in total. The summed E-state index contributed by atoms with van der Waals surface area (Å²) in [5, 5.41) is 3.59. The zero-order valence-electron chi connectivity index (χ0n) is 18.7. The van der Waals surface area contributed by atoms with E-state index in [2.05, 4.69) is 29.7 Å². The number of cyclic esters (lactones) is 1. The lowest BCUT2D eigenvalue weighted by molar-refractivity contribution is 0.0204. The van der Waals surface area contributed by atoms with Crippen molar-refractivity contribution in [1.29, 1.82) is 0 Å². The van der Waals surface area contributed by atoms with Gasteiger partial charge in [-0.1, -0.05) is 36.4 Å². The van der Waals surface area contributed by atoms with Crippen molar-refractivity contribution >= 4 is 14.0 Å². The quantitative estimate of drug-likeness (QED) is 0.0700. The molecule has 0 bridgehead atoms. The fourth-order valence-corrected chi connectivity index (χ4v) is 3.95. The Hall–Kier alpha value is -2.48. The summed E-state index contributed by atoms with van der Waals surface area (Å²) < 4.78 is 22.6. The van der Waals surface area contributed by atoms with Gasteiger partial charge in [0.05, 0.1) is 7.11 Å². The summed E-state index contributed by atoms with van der Waals surface area (Å²) in [6.07, 6.45) is 2.40. The topological polar surface area (TPSA) is 103 Å². The van der Waals surface area contributed by atoms with Crippen LogP contribution in [0.4, 0.5) is 0 Å². The van der Waals surface area contributed by atoms with Crippen molar-refractivity contribution in [2.24, 2.45) is 5.11 Å². The average molecular weight is 434 g/mol. The molecule has 0 fully saturated rings. The highest BCUT2D eigenvalue weighted by atomic mass is 28.3. The van der Waals surface area contributed by atoms with Crippen LogP contribution in [0.5, 0.6) is 11.5 Å². The number of nitrogens with zero attached hydrogens (tertiary/aromatic N) is 3. The highest BCUT2D eigenvalue weighted by Crippen LogP contribution is 2.42. The summed E-state index contributed by atoms with van der Waals surface area (Å²) in [7, 11) is 0.397. The molecule has 164 valence electrons. The van der Waals surface area contributed by atoms with Crippen LogP contribution in [-0.2, 0) is 22.5 Å². The number of carbonyl (C=O) groups excluding carboxylic acids is 1. The van der Waals surface area contributed by atoms with Crippen molar-refractivity contribution in [2.45, 2.75) is 52.6 Å². The van der Waals surface area contributed by atoms with Gasteiger partial charge in [0.25, 0.3) is 0 Å². The van der Waals surface area contributed by atoms with Crippen LogP contribution >= 0.6 is 0 Å². The maximum absolute atomic E-state index is 12.4. The second kappa shape index (κ2) is 10.5. The Morgan fingerprint density at radius 3 is 2.70 bits per heavy atom. The molecule has 1 heterocycles. The molecule has 0 saturated heterocycles. The third-order valence-corrected chi connectivity index (χ3v) is 6.65. The molecule has 1 aliphatic heterocycles. The Balaban J connectivity index is 2.35. The first-order chi connectivity index (χ1) is 14.2. The minimum absolute atomic E-state index is 0.0465. The number of benzene rings is 1. The van der Waals surface area contributed by atoms with Crippen LogP contribution in [0.25, 0.3) is 10.4 Å². The van der Waals surface area contributed by atoms with E-state index in [1.807, 2.05) is 19.9 Å². The molecule has 0 atom stereocenters. The Morgan fingerprint density at radius 1 is 1.33 bits per heavy atom. The zero-order valence-corrected chi connectivity index (χ0v) is 19.7. The standard InChI is InChI=1S/C21H31N3O5Si/c1-14(11-23-24-22)7-8-16-19(26-3)15(2)17-12-28-21(25)18(17)20(16)29-13-27-9-10-30(4,5)6/h7H,8-13H2,1-6H3/b14-7+. The summed E-state index contributed by atoms with van der Waals surface area (Å²) in [5.74, 6) is 0.705. The maximum atomic E-state index is 12.4. The number of allylic oxidation sites excluding steroid dienone is 1. The van der Waals surface area contributed by atoms with E-state index in [-0.39, 0.29) is 19.9 Å². The van der Waals surface area contributed by atoms with Crippen LogP contribution in [0.2, 0.25) is 25.7 Å². The van der Waals surface area contributed by atoms with E-state index >= 15 is 0 Å². The predicted molar refractivity (Wildman–Crippen MR) is 118 cm³/mol. The molecule has 1 aliphatic rings. The van der Waals surface area contributed by atoms with Crippen LogP contribution in [-0.4, -0.2) is 41.1 Å². The van der Waals surface area contributed by atoms with E-state index in [0.29, 0.717) is 30.1 Å². The molecule has 30 heavy (non-hydrogen) atoms. The first kappa shape index (κ1) is 23.8. The lowest BCUT2D eigenvalue weighted by Gasteiger charge is -2.20. The van der Waals surface area contributed by atoms with Gasteiger partial charge in [-0.3, -0.25) is 0 Å². The van der Waals surface area contributed by atoms with Gasteiger partial charge < -0.3 is 18.9 Å². The molecule has 9 heteroatoms. The second-order valence-corrected chi connectivity index (χ2v) is 14.1. The SMILES string of the molecule is COc1c(C)c2c(c(OCOCC[Si](C)(C)C)c1C/C=C(\C)CN=[N+]=[N-])C(=O)OC2. The van der Waals surface area contributed by atoms with Gasteiger partial charge in [-0.05, 0) is 37.4 Å². The van der Waals surface area contributed by atoms with Crippen LogP contribution in [0.3, 0.4) is 0 Å². The zero-order chi connectivity index (χ0) is 22.3. The smallest absolute Gasteiger partial charge is 0.342 e. The highest BCUT2D eigenvalue weighted by Gasteiger charge is 2.33. The van der Waals surface area contributed by atoms with Crippen molar-refractivity contribution in [2.75, 3.05) is 27.1 Å². The maximum Gasteiger partial charge on any atom is 0.342 e. The molecular weight excluding hydrogens is 402 g/mol. The summed E-state index contributed by atoms with van der Waals surface area (Å²) in [6, 6.07) is 1.03. The Labute approximate surface area is 178 Å². The predicted octanol–water partition coefficient (Wildman–Crippen LogP) is 5.16. The molecule has 0 saturated carbocycles. The number of carbonyl (C=O) groups is 1. The van der Waals surface area contributed by atoms with E-state index in [9.17, 15) is 4.79 Å². The van der Waals surface area contributed by atoms with Crippen LogP contribution in [0.15, 0.2) is 16.8 Å². The Bertz CT molecular complexity index is 871. The second-order valence-electron chi connectivity index (χ2n) is 8.52. The minimum atomic E-state index is -1.20. The molecule has 0 unspecified atom stereocenters. The highest BCUT2D eigenvalue weighted by molar-refractivity contribution is 6.76. The number of esters is 1. The summed E-state index contributed by atoms with van der Waals surface area (Å²) in [5.41, 5.74) is 12.3. The fourth-order valence-electron chi connectivity index (χ4n) is 3.19. The van der Waals surface area contributed by atoms with E-state index in [1.165, 1.54) is 0 Å². The fraction of sp³-hybridized carbons (Fsp3) is 0.571. The number of ether oxygens (including phenoxy) is 4. The van der Waals surface area contributed by atoms with Gasteiger partial charge in [-0.2, -0.15) is 0 Å². The average Bonchev–Trinajstić information content (AvgIpc) is 3.07. The van der Waals surface area contributed by atoms with Crippen molar-refractivity contribution in [3.63, 3.8) is 0 Å². The number of fused-ring (bicyclic) bond motifs is 1. The number of azide groups is 1. The number of hydrogen-bond donors (Lipinski definition) is 0. The minimum Gasteiger partial charge on any atom is -0.496 e. The Kier molecular flexibility index (Phi) is 8.34. The molecule has 1 aromatic carbocycles. The normalized spacial score (nSPS) is 13.5. The van der Waals surface area contributed by atoms with E-state index in [4.69, 9.17) is 24.5 Å². The van der Waals surface area contributed by atoms with Gasteiger partial charge in [0.1, 0.15) is 23.7 Å². The number of rotatable bonds is 11. The van der Waals surface area contributed by atoms with Crippen LogP contribution in [0.1, 0.15) is 34.0 Å². The lowest BCUT2D eigenvalue weighted by atomic mass is 9.95. The molecule has 0 aliphatic carbocycles. The number of methoxy groups -OCH3 is 1. The molecule has 0 aromatic heterocycles. The van der Waals surface area contributed by atoms with E-state index < -0.39 is 14.0 Å². The van der Waals surface area contributed by atoms with Gasteiger partial charge >= 0.3 is 5.97 Å². The largest absolute Gasteiger partial charge is 0.496 e. The lowest BCUT2D eigenvalue weighted by Crippen LogP contribution is -2.22. The molecule has 8 nitrogen and oxygen atoms in total. The van der Waals surface area contributed by atoms with E-state index in [0.717, 1.165) is 28.3 Å². The third-order valence-electron chi connectivity index (χ3n) is 4.95. The first-order valence-corrected chi connectivity index (χ1v) is 13.7. The van der Waals surface area contributed by atoms with Crippen molar-refractivity contribution in [3.8, 4) is 11.5 Å². The molecular formula is C21H31N3O5Si. The third kappa shape index (κ3) is 6.01. The van der Waals surface area contributed by atoms with Crippen molar-refractivity contribution < 1.29 is 23.7 Å². The molecule has 1 aromatic rings. The van der Waals surface area contributed by atoms with Crippen LogP contribution in [0, 0.1) is 6.92 Å². The molecule has 2 rings (SSSR count).